The predicted molar refractivity (Wildman–Crippen MR) is 120 cm³/mol. The molecule has 1 aliphatic heterocycles. The van der Waals surface area contributed by atoms with Crippen molar-refractivity contribution in [1.29, 1.82) is 0 Å². The number of carbonyl (C=O) groups is 3. The number of nitrogens with zero attached hydrogens (tertiary/aromatic N) is 1. The first-order chi connectivity index (χ1) is 14.9. The van der Waals surface area contributed by atoms with E-state index in [2.05, 4.69) is 5.32 Å². The number of fused-ring (bicyclic) bond motifs is 1. The number of halogens is 1. The van der Waals surface area contributed by atoms with Crippen molar-refractivity contribution in [3.05, 3.63) is 76.3 Å². The zero-order valence-corrected chi connectivity index (χ0v) is 17.7. The molecule has 0 radical (unpaired) electrons. The van der Waals surface area contributed by atoms with Gasteiger partial charge in [0.15, 0.2) is 0 Å². The molecule has 0 bridgehead atoms. The van der Waals surface area contributed by atoms with Crippen molar-refractivity contribution in [2.45, 2.75) is 13.8 Å². The number of rotatable bonds is 4. The Balaban J connectivity index is 1.88. The first kappa shape index (κ1) is 20.6. The molecule has 0 aliphatic carbocycles. The van der Waals surface area contributed by atoms with Gasteiger partial charge in [0.2, 0.25) is 0 Å². The molecule has 1 aliphatic rings. The van der Waals surface area contributed by atoms with Gasteiger partial charge in [-0.1, -0.05) is 48.0 Å². The maximum Gasteiger partial charge on any atom is 0.335 e. The Labute approximate surface area is 184 Å². The number of benzene rings is 3. The van der Waals surface area contributed by atoms with Gasteiger partial charge in [-0.15, -0.1) is 0 Å². The normalized spacial score (nSPS) is 15.5. The maximum absolute atomic E-state index is 13.3. The minimum atomic E-state index is -0.819. The molecular formula is C24H19ClN2O4. The SMILES string of the molecule is CCOc1ccc2ccccc2c1/C=C1\C(=O)NC(=O)N(c2cc(Cl)ccc2C)C1=O. The van der Waals surface area contributed by atoms with Crippen LogP contribution < -0.4 is 15.0 Å². The van der Waals surface area contributed by atoms with Crippen molar-refractivity contribution in [1.82, 2.24) is 5.32 Å². The summed E-state index contributed by atoms with van der Waals surface area (Å²) in [5, 5.41) is 4.38. The van der Waals surface area contributed by atoms with E-state index in [0.717, 1.165) is 15.7 Å². The highest BCUT2D eigenvalue weighted by Gasteiger charge is 2.37. The van der Waals surface area contributed by atoms with E-state index < -0.39 is 17.8 Å². The van der Waals surface area contributed by atoms with Crippen LogP contribution in [0.2, 0.25) is 5.02 Å². The summed E-state index contributed by atoms with van der Waals surface area (Å²) in [6.07, 6.45) is 1.48. The van der Waals surface area contributed by atoms with Crippen LogP contribution in [0.3, 0.4) is 0 Å². The summed E-state index contributed by atoms with van der Waals surface area (Å²) in [6.45, 7) is 4.03. The third kappa shape index (κ3) is 3.78. The summed E-state index contributed by atoms with van der Waals surface area (Å²) in [7, 11) is 0. The molecule has 156 valence electrons. The minimum absolute atomic E-state index is 0.170. The Hall–Kier alpha value is -3.64. The number of carbonyl (C=O) groups excluding carboxylic acids is 3. The molecule has 6 nitrogen and oxygen atoms in total. The molecule has 1 N–H and O–H groups in total. The second-order valence-electron chi connectivity index (χ2n) is 7.02. The van der Waals surface area contributed by atoms with E-state index >= 15 is 0 Å². The number of aryl methyl sites for hydroxylation is 1. The van der Waals surface area contributed by atoms with Crippen molar-refractivity contribution < 1.29 is 19.1 Å². The molecule has 1 fully saturated rings. The molecule has 0 unspecified atom stereocenters. The summed E-state index contributed by atoms with van der Waals surface area (Å²) < 4.78 is 5.74. The van der Waals surface area contributed by atoms with Gasteiger partial charge in [0.25, 0.3) is 11.8 Å². The fraction of sp³-hybridized carbons (Fsp3) is 0.125. The Bertz CT molecular complexity index is 1270. The number of barbiturate groups is 1. The molecule has 31 heavy (non-hydrogen) atoms. The number of imide groups is 2. The third-order valence-corrected chi connectivity index (χ3v) is 5.27. The highest BCUT2D eigenvalue weighted by Crippen LogP contribution is 2.33. The fourth-order valence-electron chi connectivity index (χ4n) is 3.55. The van der Waals surface area contributed by atoms with Crippen molar-refractivity contribution in [2.24, 2.45) is 0 Å². The van der Waals surface area contributed by atoms with Gasteiger partial charge in [0, 0.05) is 10.6 Å². The number of hydrogen-bond acceptors (Lipinski definition) is 4. The fourth-order valence-corrected chi connectivity index (χ4v) is 3.72. The third-order valence-electron chi connectivity index (χ3n) is 5.03. The molecule has 0 spiro atoms. The first-order valence-corrected chi connectivity index (χ1v) is 10.1. The molecule has 0 saturated carbocycles. The van der Waals surface area contributed by atoms with Crippen LogP contribution in [-0.2, 0) is 9.59 Å². The molecule has 4 rings (SSSR count). The van der Waals surface area contributed by atoms with Crippen molar-refractivity contribution in [3.8, 4) is 5.75 Å². The predicted octanol–water partition coefficient (Wildman–Crippen LogP) is 4.87. The molecule has 0 aromatic heterocycles. The van der Waals surface area contributed by atoms with Gasteiger partial charge in [-0.05, 0) is 54.5 Å². The van der Waals surface area contributed by atoms with Crippen LogP contribution in [0.1, 0.15) is 18.1 Å². The van der Waals surface area contributed by atoms with Crippen LogP contribution in [0.15, 0.2) is 60.2 Å². The van der Waals surface area contributed by atoms with E-state index in [1.165, 1.54) is 12.1 Å². The molecule has 3 aromatic rings. The average Bonchev–Trinajstić information content (AvgIpc) is 2.74. The number of hydrogen-bond donors (Lipinski definition) is 1. The van der Waals surface area contributed by atoms with Crippen LogP contribution in [-0.4, -0.2) is 24.5 Å². The number of amides is 4. The van der Waals surface area contributed by atoms with Gasteiger partial charge in [0.05, 0.1) is 12.3 Å². The monoisotopic (exact) mass is 434 g/mol. The first-order valence-electron chi connectivity index (χ1n) is 9.73. The number of urea groups is 1. The average molecular weight is 435 g/mol. The van der Waals surface area contributed by atoms with Crippen LogP contribution >= 0.6 is 11.6 Å². The van der Waals surface area contributed by atoms with Gasteiger partial charge in [-0.2, -0.15) is 0 Å². The highest BCUT2D eigenvalue weighted by molar-refractivity contribution is 6.40. The quantitative estimate of drug-likeness (QED) is 0.469. The largest absolute Gasteiger partial charge is 0.493 e. The number of ether oxygens (including phenoxy) is 1. The number of nitrogens with one attached hydrogen (secondary N) is 1. The standard InChI is InChI=1S/C24H19ClN2O4/c1-3-31-21-11-9-15-6-4-5-7-17(15)18(21)13-19-22(28)26-24(30)27(23(19)29)20-12-16(25)10-8-14(20)2/h4-13H,3H2,1-2H3,(H,26,28,30)/b19-13+. The lowest BCUT2D eigenvalue weighted by molar-refractivity contribution is -0.122. The van der Waals surface area contributed by atoms with Crippen molar-refractivity contribution >= 4 is 52.0 Å². The zero-order chi connectivity index (χ0) is 22.1. The minimum Gasteiger partial charge on any atom is -0.493 e. The Morgan fingerprint density at radius 3 is 2.61 bits per heavy atom. The van der Waals surface area contributed by atoms with E-state index in [-0.39, 0.29) is 5.57 Å². The molecule has 4 amide bonds. The van der Waals surface area contributed by atoms with Crippen LogP contribution in [0, 0.1) is 6.92 Å². The Morgan fingerprint density at radius 1 is 1.06 bits per heavy atom. The summed E-state index contributed by atoms with van der Waals surface area (Å²) in [6, 6.07) is 15.4. The molecule has 1 saturated heterocycles. The highest BCUT2D eigenvalue weighted by atomic mass is 35.5. The van der Waals surface area contributed by atoms with Gasteiger partial charge in [-0.25, -0.2) is 9.69 Å². The molecule has 7 heteroatoms. The van der Waals surface area contributed by atoms with Crippen molar-refractivity contribution in [3.63, 3.8) is 0 Å². The van der Waals surface area contributed by atoms with Gasteiger partial charge < -0.3 is 4.74 Å². The molecular weight excluding hydrogens is 416 g/mol. The van der Waals surface area contributed by atoms with E-state index in [0.29, 0.717) is 34.2 Å². The lowest BCUT2D eigenvalue weighted by atomic mass is 9.99. The maximum atomic E-state index is 13.3. The summed E-state index contributed by atoms with van der Waals surface area (Å²) in [5.41, 5.74) is 1.41. The Kier molecular flexibility index (Phi) is 5.48. The lowest BCUT2D eigenvalue weighted by Crippen LogP contribution is -2.54. The van der Waals surface area contributed by atoms with E-state index in [1.807, 2.05) is 37.3 Å². The smallest absolute Gasteiger partial charge is 0.335 e. The molecule has 3 aromatic carbocycles. The second-order valence-corrected chi connectivity index (χ2v) is 7.46. The van der Waals surface area contributed by atoms with Crippen LogP contribution in [0.5, 0.6) is 5.75 Å². The van der Waals surface area contributed by atoms with E-state index in [4.69, 9.17) is 16.3 Å². The topological polar surface area (TPSA) is 75.7 Å². The van der Waals surface area contributed by atoms with E-state index in [1.54, 1.807) is 25.1 Å². The molecule has 1 heterocycles. The summed E-state index contributed by atoms with van der Waals surface area (Å²) >= 11 is 6.08. The summed E-state index contributed by atoms with van der Waals surface area (Å²) in [5.74, 6) is -0.951. The lowest BCUT2D eigenvalue weighted by Gasteiger charge is -2.27. The number of anilines is 1. The van der Waals surface area contributed by atoms with Crippen molar-refractivity contribution in [2.75, 3.05) is 11.5 Å². The zero-order valence-electron chi connectivity index (χ0n) is 16.9. The van der Waals surface area contributed by atoms with Gasteiger partial charge >= 0.3 is 6.03 Å². The molecule has 0 atom stereocenters. The second kappa shape index (κ2) is 8.24. The van der Waals surface area contributed by atoms with Crippen LogP contribution in [0.25, 0.3) is 16.8 Å². The van der Waals surface area contributed by atoms with Gasteiger partial charge in [0.1, 0.15) is 11.3 Å². The van der Waals surface area contributed by atoms with Crippen LogP contribution in [0.4, 0.5) is 10.5 Å². The Morgan fingerprint density at radius 2 is 1.84 bits per heavy atom. The van der Waals surface area contributed by atoms with Gasteiger partial charge in [-0.3, -0.25) is 14.9 Å². The van der Waals surface area contributed by atoms with E-state index in [9.17, 15) is 14.4 Å². The summed E-state index contributed by atoms with van der Waals surface area (Å²) in [4.78, 5) is 39.4.